The molecule has 2 atom stereocenters. The van der Waals surface area contributed by atoms with Crippen LogP contribution in [0.4, 0.5) is 0 Å². The van der Waals surface area contributed by atoms with E-state index in [1.165, 1.54) is 0 Å². The Morgan fingerprint density at radius 3 is 2.67 bits per heavy atom. The summed E-state index contributed by atoms with van der Waals surface area (Å²) < 4.78 is 0. The van der Waals surface area contributed by atoms with Gasteiger partial charge in [-0.25, -0.2) is 0 Å². The molecule has 0 aromatic heterocycles. The van der Waals surface area contributed by atoms with Gasteiger partial charge in [0.2, 0.25) is 0 Å². The molecule has 15 heavy (non-hydrogen) atoms. The monoisotopic (exact) mass is 229 g/mol. The molecule has 0 aliphatic heterocycles. The van der Waals surface area contributed by atoms with Gasteiger partial charge in [-0.1, -0.05) is 23.7 Å². The molecule has 2 unspecified atom stereocenters. The normalized spacial score (nSPS) is 15.0. The number of hydrogen-bond acceptors (Lipinski definition) is 3. The molecular formula is C11H16ClNO2. The van der Waals surface area contributed by atoms with E-state index in [1.54, 1.807) is 12.1 Å². The van der Waals surface area contributed by atoms with Crippen LogP contribution in [0.5, 0.6) is 0 Å². The summed E-state index contributed by atoms with van der Waals surface area (Å²) in [5.74, 6) is 0. The van der Waals surface area contributed by atoms with Crippen molar-refractivity contribution in [2.24, 2.45) is 5.73 Å². The highest BCUT2D eigenvalue weighted by atomic mass is 35.5. The van der Waals surface area contributed by atoms with Crippen LogP contribution in [0.1, 0.15) is 23.7 Å². The van der Waals surface area contributed by atoms with Gasteiger partial charge >= 0.3 is 0 Å². The van der Waals surface area contributed by atoms with Crippen LogP contribution in [0.25, 0.3) is 0 Å². The first-order chi connectivity index (χ1) is 7.06. The van der Waals surface area contributed by atoms with Gasteiger partial charge < -0.3 is 15.9 Å². The first-order valence-corrected chi connectivity index (χ1v) is 5.24. The quantitative estimate of drug-likeness (QED) is 0.731. The predicted octanol–water partition coefficient (Wildman–Crippen LogP) is 1.39. The van der Waals surface area contributed by atoms with Crippen LogP contribution in [-0.4, -0.2) is 22.9 Å². The lowest BCUT2D eigenvalue weighted by Gasteiger charge is -2.18. The fourth-order valence-corrected chi connectivity index (χ4v) is 1.52. The third-order valence-corrected chi connectivity index (χ3v) is 2.82. The average molecular weight is 230 g/mol. The van der Waals surface area contributed by atoms with E-state index in [-0.39, 0.29) is 6.61 Å². The van der Waals surface area contributed by atoms with E-state index in [0.717, 1.165) is 11.1 Å². The largest absolute Gasteiger partial charge is 0.396 e. The average Bonchev–Trinajstić information content (AvgIpc) is 2.21. The van der Waals surface area contributed by atoms with Gasteiger partial charge in [0.1, 0.15) is 0 Å². The van der Waals surface area contributed by atoms with Crippen LogP contribution >= 0.6 is 11.6 Å². The lowest BCUT2D eigenvalue weighted by Crippen LogP contribution is -2.29. The van der Waals surface area contributed by atoms with Crippen molar-refractivity contribution < 1.29 is 10.2 Å². The van der Waals surface area contributed by atoms with Gasteiger partial charge in [0, 0.05) is 17.7 Å². The van der Waals surface area contributed by atoms with Crippen molar-refractivity contribution in [2.45, 2.75) is 25.5 Å². The Balaban J connectivity index is 2.81. The van der Waals surface area contributed by atoms with Crippen molar-refractivity contribution in [3.63, 3.8) is 0 Å². The van der Waals surface area contributed by atoms with Crippen molar-refractivity contribution in [2.75, 3.05) is 6.61 Å². The lowest BCUT2D eigenvalue weighted by atomic mass is 9.99. The van der Waals surface area contributed by atoms with Crippen molar-refractivity contribution in [3.05, 3.63) is 34.3 Å². The Labute approximate surface area is 94.5 Å². The maximum Gasteiger partial charge on any atom is 0.0941 e. The van der Waals surface area contributed by atoms with E-state index in [9.17, 15) is 5.11 Å². The number of hydrogen-bond donors (Lipinski definition) is 3. The number of halogens is 1. The number of rotatable bonds is 4. The Morgan fingerprint density at radius 1 is 1.47 bits per heavy atom. The minimum Gasteiger partial charge on any atom is -0.396 e. The van der Waals surface area contributed by atoms with E-state index < -0.39 is 12.1 Å². The molecule has 3 nitrogen and oxygen atoms in total. The van der Waals surface area contributed by atoms with Crippen molar-refractivity contribution in [1.29, 1.82) is 0 Å². The summed E-state index contributed by atoms with van der Waals surface area (Å²) >= 11 is 5.87. The predicted molar refractivity (Wildman–Crippen MR) is 60.8 cm³/mol. The maximum absolute atomic E-state index is 9.86. The summed E-state index contributed by atoms with van der Waals surface area (Å²) in [4.78, 5) is 0. The van der Waals surface area contributed by atoms with E-state index in [0.29, 0.717) is 11.4 Å². The second-order valence-corrected chi connectivity index (χ2v) is 4.04. The highest BCUT2D eigenvalue weighted by molar-refractivity contribution is 6.31. The molecule has 4 heteroatoms. The fourth-order valence-electron chi connectivity index (χ4n) is 1.41. The third kappa shape index (κ3) is 3.18. The lowest BCUT2D eigenvalue weighted by molar-refractivity contribution is 0.129. The molecule has 4 N–H and O–H groups in total. The maximum atomic E-state index is 9.86. The van der Waals surface area contributed by atoms with E-state index in [2.05, 4.69) is 0 Å². The zero-order valence-electron chi connectivity index (χ0n) is 8.65. The summed E-state index contributed by atoms with van der Waals surface area (Å²) in [5, 5.41) is 19.2. The van der Waals surface area contributed by atoms with Crippen LogP contribution in [0, 0.1) is 6.92 Å². The van der Waals surface area contributed by atoms with Crippen LogP contribution in [-0.2, 0) is 0 Å². The minimum absolute atomic E-state index is 0.0230. The molecule has 1 rings (SSSR count). The van der Waals surface area contributed by atoms with Crippen molar-refractivity contribution in [1.82, 2.24) is 0 Å². The number of aryl methyl sites for hydroxylation is 1. The molecule has 0 fully saturated rings. The topological polar surface area (TPSA) is 66.5 Å². The second-order valence-electron chi connectivity index (χ2n) is 3.63. The van der Waals surface area contributed by atoms with Gasteiger partial charge in [-0.05, 0) is 30.5 Å². The zero-order valence-corrected chi connectivity index (χ0v) is 9.41. The summed E-state index contributed by atoms with van der Waals surface area (Å²) in [6.45, 7) is 1.85. The third-order valence-electron chi connectivity index (χ3n) is 2.39. The van der Waals surface area contributed by atoms with Gasteiger partial charge in [0.25, 0.3) is 0 Å². The number of benzene rings is 1. The molecular weight excluding hydrogens is 214 g/mol. The van der Waals surface area contributed by atoms with Crippen molar-refractivity contribution in [3.8, 4) is 0 Å². The van der Waals surface area contributed by atoms with Gasteiger partial charge in [-0.3, -0.25) is 0 Å². The van der Waals surface area contributed by atoms with Crippen LogP contribution in [0.15, 0.2) is 18.2 Å². The van der Waals surface area contributed by atoms with E-state index in [4.69, 9.17) is 22.4 Å². The van der Waals surface area contributed by atoms with Crippen LogP contribution in [0.3, 0.4) is 0 Å². The number of aliphatic hydroxyl groups excluding tert-OH is 2. The highest BCUT2D eigenvalue weighted by Gasteiger charge is 2.16. The Morgan fingerprint density at radius 2 is 2.13 bits per heavy atom. The first-order valence-electron chi connectivity index (χ1n) is 4.87. The van der Waals surface area contributed by atoms with Gasteiger partial charge in [-0.15, -0.1) is 0 Å². The highest BCUT2D eigenvalue weighted by Crippen LogP contribution is 2.22. The smallest absolute Gasteiger partial charge is 0.0941 e. The molecule has 0 amide bonds. The van der Waals surface area contributed by atoms with Crippen LogP contribution < -0.4 is 5.73 Å². The molecule has 84 valence electrons. The SMILES string of the molecule is Cc1cc(C(O)C(N)CCO)ccc1Cl. The Hall–Kier alpha value is -0.610. The van der Waals surface area contributed by atoms with Gasteiger partial charge in [0.05, 0.1) is 6.10 Å². The summed E-state index contributed by atoms with van der Waals surface area (Å²) in [6, 6.07) is 4.85. The fraction of sp³-hybridized carbons (Fsp3) is 0.455. The molecule has 0 spiro atoms. The molecule has 0 aliphatic rings. The minimum atomic E-state index is -0.756. The first kappa shape index (κ1) is 12.5. The molecule has 0 bridgehead atoms. The zero-order chi connectivity index (χ0) is 11.4. The van der Waals surface area contributed by atoms with E-state index in [1.807, 2.05) is 13.0 Å². The van der Waals surface area contributed by atoms with Crippen molar-refractivity contribution >= 4 is 11.6 Å². The standard InChI is InChI=1S/C11H16ClNO2/c1-7-6-8(2-3-9(7)12)11(15)10(13)4-5-14/h2-3,6,10-11,14-15H,4-5,13H2,1H3. The van der Waals surface area contributed by atoms with E-state index >= 15 is 0 Å². The van der Waals surface area contributed by atoms with Gasteiger partial charge in [-0.2, -0.15) is 0 Å². The van der Waals surface area contributed by atoms with Crippen LogP contribution in [0.2, 0.25) is 5.02 Å². The molecule has 0 heterocycles. The molecule has 0 radical (unpaired) electrons. The Kier molecular flexibility index (Phi) is 4.54. The molecule has 0 saturated heterocycles. The summed E-state index contributed by atoms with van der Waals surface area (Å²) in [6.07, 6.45) is -0.379. The second kappa shape index (κ2) is 5.47. The summed E-state index contributed by atoms with van der Waals surface area (Å²) in [7, 11) is 0. The molecule has 0 aliphatic carbocycles. The summed E-state index contributed by atoms with van der Waals surface area (Å²) in [5.41, 5.74) is 7.35. The molecule has 0 saturated carbocycles. The molecule has 1 aromatic rings. The van der Waals surface area contributed by atoms with Gasteiger partial charge in [0.15, 0.2) is 0 Å². The number of nitrogens with two attached hydrogens (primary N) is 1. The molecule has 1 aromatic carbocycles. The number of aliphatic hydroxyl groups is 2. The Bertz CT molecular complexity index is 330.